The average Bonchev–Trinajstić information content (AvgIpc) is 2.20. The van der Waals surface area contributed by atoms with Gasteiger partial charge in [-0.2, -0.15) is 0 Å². The Balaban J connectivity index is 3.12. The van der Waals surface area contributed by atoms with Crippen molar-refractivity contribution in [3.05, 3.63) is 11.1 Å². The van der Waals surface area contributed by atoms with Crippen molar-refractivity contribution in [1.82, 2.24) is 10.2 Å². The van der Waals surface area contributed by atoms with E-state index in [-0.39, 0.29) is 23.1 Å². The molecule has 0 aliphatic carbocycles. The lowest BCUT2D eigenvalue weighted by atomic mass is 9.83. The number of carbonyl (C=O) groups is 2. The average molecular weight is 331 g/mol. The van der Waals surface area contributed by atoms with Gasteiger partial charge in [0.2, 0.25) is 11.8 Å². The minimum atomic E-state index is -0.484. The number of nitrogens with zero attached hydrogens (tertiary/aromatic N) is 1. The molecule has 0 bridgehead atoms. The molecule has 5 heteroatoms. The van der Waals surface area contributed by atoms with Crippen LogP contribution in [-0.4, -0.2) is 35.3 Å². The predicted molar refractivity (Wildman–Crippen MR) is 79.8 cm³/mol. The number of nitrogens with one attached hydrogen (secondary N) is 1. The highest BCUT2D eigenvalue weighted by Crippen LogP contribution is 2.28. The summed E-state index contributed by atoms with van der Waals surface area (Å²) in [6, 6.07) is -0.915. The summed E-state index contributed by atoms with van der Waals surface area (Å²) in [5, 5.41) is 2.87. The van der Waals surface area contributed by atoms with Gasteiger partial charge in [-0.3, -0.25) is 9.59 Å². The standard InChI is InChI=1S/C14H23BrN2O2/c1-8(2)10-12(18)16-11(14(4,5)6)13(19)17(10)7-9(3)15/h8,10-11H,3,7H2,1-2,4-6H3,(H,16,18). The molecule has 1 aliphatic rings. The number of rotatable bonds is 3. The largest absolute Gasteiger partial charge is 0.342 e. The van der Waals surface area contributed by atoms with Crippen LogP contribution in [-0.2, 0) is 9.59 Å². The monoisotopic (exact) mass is 330 g/mol. The van der Waals surface area contributed by atoms with E-state index in [2.05, 4.69) is 27.8 Å². The van der Waals surface area contributed by atoms with Crippen LogP contribution in [0.2, 0.25) is 0 Å². The van der Waals surface area contributed by atoms with Crippen LogP contribution in [0.25, 0.3) is 0 Å². The molecule has 1 aliphatic heterocycles. The molecule has 4 nitrogen and oxygen atoms in total. The first kappa shape index (κ1) is 16.2. The van der Waals surface area contributed by atoms with E-state index in [1.54, 1.807) is 4.90 Å². The van der Waals surface area contributed by atoms with E-state index in [4.69, 9.17) is 0 Å². The summed E-state index contributed by atoms with van der Waals surface area (Å²) in [5.74, 6) is -0.0496. The molecule has 1 heterocycles. The van der Waals surface area contributed by atoms with Gasteiger partial charge in [0.1, 0.15) is 12.1 Å². The molecule has 0 aromatic carbocycles. The first-order chi connectivity index (χ1) is 8.55. The first-order valence-electron chi connectivity index (χ1n) is 6.50. The third-order valence-electron chi connectivity index (χ3n) is 3.26. The lowest BCUT2D eigenvalue weighted by Gasteiger charge is -2.44. The third kappa shape index (κ3) is 3.59. The number of piperazine rings is 1. The number of carbonyl (C=O) groups excluding carboxylic acids is 2. The van der Waals surface area contributed by atoms with Gasteiger partial charge in [-0.05, 0) is 11.3 Å². The van der Waals surface area contributed by atoms with E-state index < -0.39 is 12.1 Å². The van der Waals surface area contributed by atoms with Gasteiger partial charge in [0.25, 0.3) is 0 Å². The summed E-state index contributed by atoms with van der Waals surface area (Å²) in [7, 11) is 0. The molecule has 19 heavy (non-hydrogen) atoms. The van der Waals surface area contributed by atoms with E-state index in [0.29, 0.717) is 11.0 Å². The molecule has 0 aromatic rings. The van der Waals surface area contributed by atoms with Crippen LogP contribution in [0.4, 0.5) is 0 Å². The van der Waals surface area contributed by atoms with Gasteiger partial charge in [-0.25, -0.2) is 0 Å². The second-order valence-corrected chi connectivity index (χ2v) is 7.60. The highest BCUT2D eigenvalue weighted by Gasteiger charge is 2.46. The van der Waals surface area contributed by atoms with E-state index in [9.17, 15) is 9.59 Å². The second-order valence-electron chi connectivity index (χ2n) is 6.48. The van der Waals surface area contributed by atoms with Crippen molar-refractivity contribution in [2.45, 2.75) is 46.7 Å². The van der Waals surface area contributed by atoms with Gasteiger partial charge in [0.05, 0.1) is 6.54 Å². The molecular formula is C14H23BrN2O2. The van der Waals surface area contributed by atoms with Gasteiger partial charge < -0.3 is 10.2 Å². The Hall–Kier alpha value is -0.840. The van der Waals surface area contributed by atoms with Gasteiger partial charge in [-0.15, -0.1) is 0 Å². The van der Waals surface area contributed by atoms with Gasteiger partial charge in [-0.1, -0.05) is 57.1 Å². The summed E-state index contributed by atoms with van der Waals surface area (Å²) < 4.78 is 0.703. The number of hydrogen-bond acceptors (Lipinski definition) is 2. The normalized spacial score (nSPS) is 24.7. The molecule has 0 aromatic heterocycles. The highest BCUT2D eigenvalue weighted by molar-refractivity contribution is 9.11. The molecule has 1 N–H and O–H groups in total. The van der Waals surface area contributed by atoms with E-state index in [1.807, 2.05) is 34.6 Å². The Morgan fingerprint density at radius 3 is 2.32 bits per heavy atom. The molecule has 1 rings (SSSR count). The summed E-state index contributed by atoms with van der Waals surface area (Å²) >= 11 is 3.28. The molecule has 0 radical (unpaired) electrons. The van der Waals surface area contributed by atoms with Crippen LogP contribution in [0.5, 0.6) is 0 Å². The third-order valence-corrected chi connectivity index (χ3v) is 3.51. The second kappa shape index (κ2) is 5.65. The number of amides is 2. The van der Waals surface area contributed by atoms with Crippen molar-refractivity contribution in [2.24, 2.45) is 11.3 Å². The van der Waals surface area contributed by atoms with Crippen LogP contribution in [0.15, 0.2) is 11.1 Å². The Morgan fingerprint density at radius 2 is 1.95 bits per heavy atom. The van der Waals surface area contributed by atoms with Gasteiger partial charge in [0, 0.05) is 4.48 Å². The molecular weight excluding hydrogens is 308 g/mol. The first-order valence-corrected chi connectivity index (χ1v) is 7.29. The van der Waals surface area contributed by atoms with Crippen molar-refractivity contribution >= 4 is 27.7 Å². The topological polar surface area (TPSA) is 49.4 Å². The highest BCUT2D eigenvalue weighted by atomic mass is 79.9. The van der Waals surface area contributed by atoms with Crippen molar-refractivity contribution in [1.29, 1.82) is 0 Å². The zero-order valence-corrected chi connectivity index (χ0v) is 13.9. The lowest BCUT2D eigenvalue weighted by Crippen LogP contribution is -2.67. The van der Waals surface area contributed by atoms with Crippen LogP contribution in [0.1, 0.15) is 34.6 Å². The van der Waals surface area contributed by atoms with Crippen molar-refractivity contribution < 1.29 is 9.59 Å². The van der Waals surface area contributed by atoms with Crippen LogP contribution in [0.3, 0.4) is 0 Å². The zero-order valence-electron chi connectivity index (χ0n) is 12.3. The van der Waals surface area contributed by atoms with Crippen molar-refractivity contribution in [2.75, 3.05) is 6.54 Å². The van der Waals surface area contributed by atoms with Crippen LogP contribution < -0.4 is 5.32 Å². The van der Waals surface area contributed by atoms with Crippen LogP contribution in [0, 0.1) is 11.3 Å². The zero-order chi connectivity index (χ0) is 15.0. The maximum atomic E-state index is 12.6. The van der Waals surface area contributed by atoms with Crippen molar-refractivity contribution in [3.8, 4) is 0 Å². The molecule has 108 valence electrons. The number of hydrogen-bond donors (Lipinski definition) is 1. The fourth-order valence-corrected chi connectivity index (χ4v) is 2.61. The Morgan fingerprint density at radius 1 is 1.42 bits per heavy atom. The van der Waals surface area contributed by atoms with E-state index in [1.165, 1.54) is 0 Å². The SMILES string of the molecule is C=C(Br)CN1C(=O)C(C(C)(C)C)NC(=O)C1C(C)C. The predicted octanol–water partition coefficient (Wildman–Crippen LogP) is 2.29. The lowest BCUT2D eigenvalue weighted by molar-refractivity contribution is -0.153. The molecule has 2 amide bonds. The summed E-state index contributed by atoms with van der Waals surface area (Å²) in [5.41, 5.74) is -0.305. The summed E-state index contributed by atoms with van der Waals surface area (Å²) in [6.07, 6.45) is 0. The fourth-order valence-electron chi connectivity index (χ4n) is 2.34. The van der Waals surface area contributed by atoms with E-state index in [0.717, 1.165) is 0 Å². The number of halogens is 1. The van der Waals surface area contributed by atoms with Crippen LogP contribution >= 0.6 is 15.9 Å². The molecule has 0 saturated carbocycles. The Bertz CT molecular complexity index is 399. The van der Waals surface area contributed by atoms with Crippen molar-refractivity contribution in [3.63, 3.8) is 0 Å². The quantitative estimate of drug-likeness (QED) is 0.863. The maximum Gasteiger partial charge on any atom is 0.246 e. The Labute approximate surface area is 123 Å². The molecule has 2 atom stereocenters. The molecule has 2 unspecified atom stereocenters. The maximum absolute atomic E-state index is 12.6. The smallest absolute Gasteiger partial charge is 0.246 e. The fraction of sp³-hybridized carbons (Fsp3) is 0.714. The minimum Gasteiger partial charge on any atom is -0.342 e. The van der Waals surface area contributed by atoms with Gasteiger partial charge in [0.15, 0.2) is 0 Å². The molecule has 1 saturated heterocycles. The van der Waals surface area contributed by atoms with Gasteiger partial charge >= 0.3 is 0 Å². The molecule has 0 spiro atoms. The summed E-state index contributed by atoms with van der Waals surface area (Å²) in [6.45, 7) is 13.9. The molecule has 1 fully saturated rings. The summed E-state index contributed by atoms with van der Waals surface area (Å²) in [4.78, 5) is 26.5. The minimum absolute atomic E-state index is 0.0357. The Kier molecular flexibility index (Phi) is 4.82. The van der Waals surface area contributed by atoms with E-state index >= 15 is 0 Å².